The van der Waals surface area contributed by atoms with Crippen molar-refractivity contribution in [2.75, 3.05) is 6.54 Å². The van der Waals surface area contributed by atoms with Gasteiger partial charge in [0.25, 0.3) is 0 Å². The molecule has 3 rings (SSSR count). The van der Waals surface area contributed by atoms with Gasteiger partial charge in [-0.3, -0.25) is 9.69 Å². The molecular formula is C16H20N2O. The molecule has 100 valence electrons. The lowest BCUT2D eigenvalue weighted by Gasteiger charge is -2.33. The van der Waals surface area contributed by atoms with Gasteiger partial charge in [0.15, 0.2) is 6.29 Å². The first-order valence-corrected chi connectivity index (χ1v) is 7.06. The van der Waals surface area contributed by atoms with Crippen LogP contribution in [0.1, 0.15) is 36.5 Å². The smallest absolute Gasteiger partial charge is 0.152 e. The molecule has 0 saturated carbocycles. The monoisotopic (exact) mass is 256 g/mol. The number of aldehydes is 1. The van der Waals surface area contributed by atoms with Gasteiger partial charge >= 0.3 is 0 Å². The molecule has 1 unspecified atom stereocenters. The number of hydrogen-bond acceptors (Lipinski definition) is 2. The van der Waals surface area contributed by atoms with Crippen LogP contribution in [-0.2, 0) is 6.67 Å². The Hall–Kier alpha value is -1.61. The minimum absolute atomic E-state index is 0.634. The molecule has 0 bridgehead atoms. The Morgan fingerprint density at radius 1 is 1.32 bits per heavy atom. The normalized spacial score (nSPS) is 20.8. The predicted octanol–water partition coefficient (Wildman–Crippen LogP) is 3.29. The zero-order chi connectivity index (χ0) is 13.2. The highest BCUT2D eigenvalue weighted by Gasteiger charge is 2.19. The van der Waals surface area contributed by atoms with Crippen molar-refractivity contribution in [3.05, 3.63) is 36.0 Å². The molecule has 1 fully saturated rings. The van der Waals surface area contributed by atoms with E-state index in [1.165, 1.54) is 19.3 Å². The molecule has 1 aliphatic rings. The minimum atomic E-state index is 0.634. The molecule has 1 saturated heterocycles. The fourth-order valence-electron chi connectivity index (χ4n) is 3.05. The van der Waals surface area contributed by atoms with Gasteiger partial charge in [-0.2, -0.15) is 0 Å². The summed E-state index contributed by atoms with van der Waals surface area (Å²) >= 11 is 0. The average Bonchev–Trinajstić information content (AvgIpc) is 2.80. The highest BCUT2D eigenvalue weighted by molar-refractivity contribution is 5.97. The molecule has 0 N–H and O–H groups in total. The van der Waals surface area contributed by atoms with Gasteiger partial charge in [0, 0.05) is 35.2 Å². The SMILES string of the molecule is CC1CCCCN1Cn1cc(C=O)c2ccccc21. The van der Waals surface area contributed by atoms with Crippen LogP contribution in [0.25, 0.3) is 10.9 Å². The Morgan fingerprint density at radius 2 is 2.16 bits per heavy atom. The van der Waals surface area contributed by atoms with Gasteiger partial charge in [0.05, 0.1) is 6.67 Å². The van der Waals surface area contributed by atoms with Crippen molar-refractivity contribution in [2.24, 2.45) is 0 Å². The zero-order valence-corrected chi connectivity index (χ0v) is 11.4. The molecule has 0 spiro atoms. The second kappa shape index (κ2) is 5.17. The van der Waals surface area contributed by atoms with Crippen LogP contribution in [0.5, 0.6) is 0 Å². The quantitative estimate of drug-likeness (QED) is 0.787. The Balaban J connectivity index is 1.94. The lowest BCUT2D eigenvalue weighted by Crippen LogP contribution is -2.38. The molecule has 1 aromatic heterocycles. The number of carbonyl (C=O) groups excluding carboxylic acids is 1. The summed E-state index contributed by atoms with van der Waals surface area (Å²) in [5.74, 6) is 0. The second-order valence-corrected chi connectivity index (χ2v) is 5.49. The Bertz CT molecular complexity index is 587. The van der Waals surface area contributed by atoms with Crippen LogP contribution in [0, 0.1) is 0 Å². The molecule has 19 heavy (non-hydrogen) atoms. The summed E-state index contributed by atoms with van der Waals surface area (Å²) in [6.07, 6.45) is 6.84. The van der Waals surface area contributed by atoms with E-state index in [9.17, 15) is 4.79 Å². The summed E-state index contributed by atoms with van der Waals surface area (Å²) in [5, 5.41) is 1.06. The molecule has 3 heteroatoms. The summed E-state index contributed by atoms with van der Waals surface area (Å²) in [7, 11) is 0. The first-order valence-electron chi connectivity index (χ1n) is 7.06. The van der Waals surface area contributed by atoms with Gasteiger partial charge in [-0.25, -0.2) is 0 Å². The van der Waals surface area contributed by atoms with Gasteiger partial charge in [0.2, 0.25) is 0 Å². The number of piperidine rings is 1. The van der Waals surface area contributed by atoms with Gasteiger partial charge in [-0.05, 0) is 25.8 Å². The van der Waals surface area contributed by atoms with Crippen LogP contribution < -0.4 is 0 Å². The maximum Gasteiger partial charge on any atom is 0.152 e. The Morgan fingerprint density at radius 3 is 2.95 bits per heavy atom. The van der Waals surface area contributed by atoms with Gasteiger partial charge < -0.3 is 4.57 Å². The summed E-state index contributed by atoms with van der Waals surface area (Å²) in [4.78, 5) is 13.7. The van der Waals surface area contributed by atoms with E-state index in [0.717, 1.165) is 36.0 Å². The Labute approximate surface area is 113 Å². The van der Waals surface area contributed by atoms with E-state index in [-0.39, 0.29) is 0 Å². The summed E-state index contributed by atoms with van der Waals surface area (Å²) in [6.45, 7) is 4.34. The summed E-state index contributed by atoms with van der Waals surface area (Å²) < 4.78 is 2.21. The standard InChI is InChI=1S/C16H20N2O/c1-13-6-4-5-9-17(13)12-18-10-14(11-19)15-7-2-3-8-16(15)18/h2-3,7-8,10-11,13H,4-6,9,12H2,1H3. The van der Waals surface area contributed by atoms with Crippen LogP contribution in [0.2, 0.25) is 0 Å². The van der Waals surface area contributed by atoms with Crippen molar-refractivity contribution < 1.29 is 4.79 Å². The highest BCUT2D eigenvalue weighted by atomic mass is 16.1. The van der Waals surface area contributed by atoms with Gasteiger partial charge in [-0.1, -0.05) is 24.6 Å². The number of carbonyl (C=O) groups is 1. The van der Waals surface area contributed by atoms with Crippen LogP contribution in [0.3, 0.4) is 0 Å². The lowest BCUT2D eigenvalue weighted by molar-refractivity contribution is 0.112. The van der Waals surface area contributed by atoms with Crippen molar-refractivity contribution >= 4 is 17.2 Å². The fourth-order valence-corrected chi connectivity index (χ4v) is 3.05. The number of fused-ring (bicyclic) bond motifs is 1. The van der Waals surface area contributed by atoms with E-state index >= 15 is 0 Å². The van der Waals surface area contributed by atoms with Crippen LogP contribution in [-0.4, -0.2) is 28.3 Å². The molecule has 3 nitrogen and oxygen atoms in total. The maximum absolute atomic E-state index is 11.2. The largest absolute Gasteiger partial charge is 0.333 e. The number of benzene rings is 1. The summed E-state index contributed by atoms with van der Waals surface area (Å²) in [6, 6.07) is 8.78. The third kappa shape index (κ3) is 2.30. The van der Waals surface area contributed by atoms with Crippen molar-refractivity contribution in [3.8, 4) is 0 Å². The Kier molecular flexibility index (Phi) is 3.38. The van der Waals surface area contributed by atoms with E-state index < -0.39 is 0 Å². The van der Waals surface area contributed by atoms with Crippen LogP contribution in [0.15, 0.2) is 30.5 Å². The fraction of sp³-hybridized carbons (Fsp3) is 0.438. The van der Waals surface area contributed by atoms with E-state index in [2.05, 4.69) is 22.5 Å². The van der Waals surface area contributed by atoms with Crippen LogP contribution in [0.4, 0.5) is 0 Å². The van der Waals surface area contributed by atoms with Gasteiger partial charge in [-0.15, -0.1) is 0 Å². The van der Waals surface area contributed by atoms with E-state index in [4.69, 9.17) is 0 Å². The van der Waals surface area contributed by atoms with E-state index in [1.807, 2.05) is 24.4 Å². The van der Waals surface area contributed by atoms with E-state index in [0.29, 0.717) is 6.04 Å². The number of hydrogen-bond donors (Lipinski definition) is 0. The van der Waals surface area contributed by atoms with Crippen molar-refractivity contribution in [3.63, 3.8) is 0 Å². The summed E-state index contributed by atoms with van der Waals surface area (Å²) in [5.41, 5.74) is 1.95. The molecule has 1 atom stereocenters. The topological polar surface area (TPSA) is 25.2 Å². The third-order valence-corrected chi connectivity index (χ3v) is 4.22. The molecule has 0 aliphatic carbocycles. The molecule has 2 aromatic rings. The van der Waals surface area contributed by atoms with Crippen molar-refractivity contribution in [1.82, 2.24) is 9.47 Å². The number of nitrogens with zero attached hydrogens (tertiary/aromatic N) is 2. The maximum atomic E-state index is 11.2. The predicted molar refractivity (Wildman–Crippen MR) is 77.3 cm³/mol. The second-order valence-electron chi connectivity index (χ2n) is 5.49. The first-order chi connectivity index (χ1) is 9.29. The zero-order valence-electron chi connectivity index (χ0n) is 11.4. The minimum Gasteiger partial charge on any atom is -0.333 e. The number of rotatable bonds is 3. The number of likely N-dealkylation sites (tertiary alicyclic amines) is 1. The third-order valence-electron chi connectivity index (χ3n) is 4.22. The number of aromatic nitrogens is 1. The first kappa shape index (κ1) is 12.4. The highest BCUT2D eigenvalue weighted by Crippen LogP contribution is 2.23. The van der Waals surface area contributed by atoms with Crippen LogP contribution >= 0.6 is 0 Å². The number of para-hydroxylation sites is 1. The van der Waals surface area contributed by atoms with Gasteiger partial charge in [0.1, 0.15) is 0 Å². The molecule has 1 aliphatic heterocycles. The van der Waals surface area contributed by atoms with Crippen molar-refractivity contribution in [2.45, 2.75) is 38.9 Å². The van der Waals surface area contributed by atoms with E-state index in [1.54, 1.807) is 0 Å². The lowest BCUT2D eigenvalue weighted by atomic mass is 10.0. The molecule has 0 radical (unpaired) electrons. The van der Waals surface area contributed by atoms with Crippen molar-refractivity contribution in [1.29, 1.82) is 0 Å². The average molecular weight is 256 g/mol. The molecule has 0 amide bonds. The molecular weight excluding hydrogens is 236 g/mol. The molecule has 1 aromatic carbocycles. The molecule has 2 heterocycles.